The standard InChI is InChI=1S/C17H21NO/c1-6-14-10-18-15(17(4,5)19-14)9-13-8-11(2)7-12(3)16(13)18/h6-9,14H,1,10H2,2-5H3/t14-/m0/s1. The number of hydrogen-bond donors (Lipinski definition) is 0. The summed E-state index contributed by atoms with van der Waals surface area (Å²) in [5.41, 5.74) is 4.98. The van der Waals surface area contributed by atoms with Gasteiger partial charge in [-0.2, -0.15) is 0 Å². The molecule has 2 aromatic rings. The summed E-state index contributed by atoms with van der Waals surface area (Å²) in [5, 5.41) is 1.31. The second-order valence-electron chi connectivity index (χ2n) is 6.06. The summed E-state index contributed by atoms with van der Waals surface area (Å²) >= 11 is 0. The third kappa shape index (κ3) is 1.82. The van der Waals surface area contributed by atoms with E-state index >= 15 is 0 Å². The minimum absolute atomic E-state index is 0.0822. The van der Waals surface area contributed by atoms with E-state index < -0.39 is 0 Å². The maximum absolute atomic E-state index is 6.11. The Labute approximate surface area is 114 Å². The molecule has 1 aromatic carbocycles. The highest BCUT2D eigenvalue weighted by Crippen LogP contribution is 2.37. The van der Waals surface area contributed by atoms with Gasteiger partial charge in [-0.25, -0.2) is 0 Å². The Morgan fingerprint density at radius 3 is 2.74 bits per heavy atom. The molecule has 0 aliphatic carbocycles. The van der Waals surface area contributed by atoms with Crippen LogP contribution in [0.3, 0.4) is 0 Å². The van der Waals surface area contributed by atoms with E-state index in [1.807, 2.05) is 6.08 Å². The van der Waals surface area contributed by atoms with Crippen LogP contribution in [0.1, 0.15) is 30.7 Å². The second-order valence-corrected chi connectivity index (χ2v) is 6.06. The van der Waals surface area contributed by atoms with Crippen LogP contribution in [-0.4, -0.2) is 10.7 Å². The van der Waals surface area contributed by atoms with Gasteiger partial charge in [-0.15, -0.1) is 6.58 Å². The van der Waals surface area contributed by atoms with Crippen LogP contribution in [0.5, 0.6) is 0 Å². The summed E-state index contributed by atoms with van der Waals surface area (Å²) in [6, 6.07) is 6.78. The molecule has 0 saturated heterocycles. The van der Waals surface area contributed by atoms with E-state index in [4.69, 9.17) is 4.74 Å². The zero-order valence-electron chi connectivity index (χ0n) is 12.2. The summed E-state index contributed by atoms with van der Waals surface area (Å²) in [7, 11) is 0. The van der Waals surface area contributed by atoms with Crippen molar-refractivity contribution >= 4 is 10.9 Å². The van der Waals surface area contributed by atoms with Crippen LogP contribution in [0.4, 0.5) is 0 Å². The molecule has 0 bridgehead atoms. The van der Waals surface area contributed by atoms with Gasteiger partial charge in [-0.3, -0.25) is 0 Å². The number of aromatic nitrogens is 1. The van der Waals surface area contributed by atoms with Crippen molar-refractivity contribution in [1.29, 1.82) is 0 Å². The monoisotopic (exact) mass is 255 g/mol. The average Bonchev–Trinajstić information content (AvgIpc) is 2.67. The number of benzene rings is 1. The first-order chi connectivity index (χ1) is 8.92. The summed E-state index contributed by atoms with van der Waals surface area (Å²) in [6.07, 6.45) is 1.99. The first-order valence-corrected chi connectivity index (χ1v) is 6.84. The maximum atomic E-state index is 6.11. The van der Waals surface area contributed by atoms with E-state index in [0.717, 1.165) is 6.54 Å². The minimum Gasteiger partial charge on any atom is -0.360 e. The molecule has 19 heavy (non-hydrogen) atoms. The number of hydrogen-bond acceptors (Lipinski definition) is 1. The van der Waals surface area contributed by atoms with Gasteiger partial charge in [0.15, 0.2) is 0 Å². The third-order valence-corrected chi connectivity index (χ3v) is 4.02. The number of aryl methyl sites for hydroxylation is 2. The Morgan fingerprint density at radius 2 is 2.05 bits per heavy atom. The molecule has 0 saturated carbocycles. The molecule has 1 aromatic heterocycles. The number of rotatable bonds is 1. The molecule has 100 valence electrons. The van der Waals surface area contributed by atoms with Gasteiger partial charge in [0.2, 0.25) is 0 Å². The molecule has 2 nitrogen and oxygen atoms in total. The van der Waals surface area contributed by atoms with E-state index in [0.29, 0.717) is 0 Å². The summed E-state index contributed by atoms with van der Waals surface area (Å²) in [6.45, 7) is 13.3. The number of nitrogens with zero attached hydrogens (tertiary/aromatic N) is 1. The van der Waals surface area contributed by atoms with Crippen molar-refractivity contribution < 1.29 is 4.74 Å². The van der Waals surface area contributed by atoms with Gasteiger partial charge in [0.1, 0.15) is 5.60 Å². The van der Waals surface area contributed by atoms with Crippen LogP contribution in [0.15, 0.2) is 30.9 Å². The van der Waals surface area contributed by atoms with Crippen LogP contribution in [0.2, 0.25) is 0 Å². The highest BCUT2D eigenvalue weighted by molar-refractivity contribution is 5.85. The van der Waals surface area contributed by atoms with E-state index in [1.54, 1.807) is 0 Å². The molecule has 0 amide bonds. The predicted octanol–water partition coefficient (Wildman–Crippen LogP) is 4.08. The van der Waals surface area contributed by atoms with Crippen molar-refractivity contribution in [3.63, 3.8) is 0 Å². The van der Waals surface area contributed by atoms with Gasteiger partial charge in [-0.05, 0) is 45.4 Å². The molecule has 1 atom stereocenters. The highest BCUT2D eigenvalue weighted by atomic mass is 16.5. The average molecular weight is 255 g/mol. The summed E-state index contributed by atoms with van der Waals surface area (Å²) in [5.74, 6) is 0. The first-order valence-electron chi connectivity index (χ1n) is 6.84. The van der Waals surface area contributed by atoms with E-state index in [-0.39, 0.29) is 11.7 Å². The zero-order valence-corrected chi connectivity index (χ0v) is 12.2. The summed E-state index contributed by atoms with van der Waals surface area (Å²) in [4.78, 5) is 0. The number of ether oxygens (including phenoxy) is 1. The minimum atomic E-state index is -0.267. The molecular formula is C17H21NO. The van der Waals surface area contributed by atoms with Crippen molar-refractivity contribution in [1.82, 2.24) is 4.57 Å². The largest absolute Gasteiger partial charge is 0.360 e. The lowest BCUT2D eigenvalue weighted by atomic mass is 10.0. The molecule has 0 spiro atoms. The molecule has 0 N–H and O–H groups in total. The lowest BCUT2D eigenvalue weighted by molar-refractivity contribution is -0.0847. The maximum Gasteiger partial charge on any atom is 0.103 e. The SMILES string of the molecule is C=C[C@H]1Cn2c(cc3cc(C)cc(C)c32)C(C)(C)O1. The Bertz CT molecular complexity index is 663. The number of fused-ring (bicyclic) bond motifs is 3. The Balaban J connectivity index is 2.32. The van der Waals surface area contributed by atoms with Crippen LogP contribution >= 0.6 is 0 Å². The normalized spacial score (nSPS) is 21.4. The summed E-state index contributed by atoms with van der Waals surface area (Å²) < 4.78 is 8.51. The van der Waals surface area contributed by atoms with Crippen molar-refractivity contribution in [3.05, 3.63) is 47.7 Å². The lowest BCUT2D eigenvalue weighted by Gasteiger charge is -2.36. The van der Waals surface area contributed by atoms with Crippen LogP contribution in [0.25, 0.3) is 10.9 Å². The van der Waals surface area contributed by atoms with Crippen molar-refractivity contribution in [2.24, 2.45) is 0 Å². The van der Waals surface area contributed by atoms with E-state index in [9.17, 15) is 0 Å². The molecule has 1 aliphatic heterocycles. The van der Waals surface area contributed by atoms with Crippen molar-refractivity contribution in [3.8, 4) is 0 Å². The van der Waals surface area contributed by atoms with Crippen molar-refractivity contribution in [2.75, 3.05) is 0 Å². The smallest absolute Gasteiger partial charge is 0.103 e. The van der Waals surface area contributed by atoms with Gasteiger partial charge in [-0.1, -0.05) is 17.7 Å². The third-order valence-electron chi connectivity index (χ3n) is 4.02. The Morgan fingerprint density at radius 1 is 1.32 bits per heavy atom. The zero-order chi connectivity index (χ0) is 13.8. The van der Waals surface area contributed by atoms with Gasteiger partial charge in [0.05, 0.1) is 23.9 Å². The van der Waals surface area contributed by atoms with E-state index in [2.05, 4.69) is 57.0 Å². The van der Waals surface area contributed by atoms with E-state index in [1.165, 1.54) is 27.7 Å². The molecule has 0 radical (unpaired) electrons. The first kappa shape index (κ1) is 12.5. The topological polar surface area (TPSA) is 14.2 Å². The molecule has 2 heteroatoms. The van der Waals surface area contributed by atoms with Gasteiger partial charge >= 0.3 is 0 Å². The fraction of sp³-hybridized carbons (Fsp3) is 0.412. The molecule has 2 heterocycles. The fourth-order valence-electron chi connectivity index (χ4n) is 3.28. The van der Waals surface area contributed by atoms with Gasteiger partial charge in [0.25, 0.3) is 0 Å². The van der Waals surface area contributed by atoms with Crippen LogP contribution < -0.4 is 0 Å². The van der Waals surface area contributed by atoms with Crippen LogP contribution in [0, 0.1) is 13.8 Å². The molecule has 3 rings (SSSR count). The highest BCUT2D eigenvalue weighted by Gasteiger charge is 2.34. The van der Waals surface area contributed by atoms with Gasteiger partial charge < -0.3 is 9.30 Å². The molecule has 0 fully saturated rings. The molecule has 0 unspecified atom stereocenters. The predicted molar refractivity (Wildman–Crippen MR) is 79.5 cm³/mol. The molecule has 1 aliphatic rings. The molecular weight excluding hydrogens is 234 g/mol. The second kappa shape index (κ2) is 3.97. The van der Waals surface area contributed by atoms with Crippen molar-refractivity contribution in [2.45, 2.75) is 45.9 Å². The Kier molecular flexibility index (Phi) is 2.61. The van der Waals surface area contributed by atoms with Gasteiger partial charge in [0, 0.05) is 5.39 Å². The fourth-order valence-corrected chi connectivity index (χ4v) is 3.28. The Hall–Kier alpha value is -1.54. The van der Waals surface area contributed by atoms with Crippen LogP contribution in [-0.2, 0) is 16.9 Å². The lowest BCUT2D eigenvalue weighted by Crippen LogP contribution is -2.38. The quantitative estimate of drug-likeness (QED) is 0.700.